The van der Waals surface area contributed by atoms with Gasteiger partial charge in [0.15, 0.2) is 0 Å². The molecule has 0 spiro atoms. The molecular formula is C30H21ClO5. The van der Waals surface area contributed by atoms with E-state index in [1.165, 1.54) is 18.4 Å². The molecule has 5 rings (SSSR count). The number of esters is 1. The second-order valence-electron chi connectivity index (χ2n) is 8.38. The summed E-state index contributed by atoms with van der Waals surface area (Å²) in [6.45, 7) is 3.73. The van der Waals surface area contributed by atoms with Crippen LogP contribution in [0.1, 0.15) is 16.7 Å². The molecule has 0 N–H and O–H groups in total. The fourth-order valence-electron chi connectivity index (χ4n) is 4.02. The monoisotopic (exact) mass is 496 g/mol. The predicted molar refractivity (Wildman–Crippen MR) is 142 cm³/mol. The third-order valence-corrected chi connectivity index (χ3v) is 6.39. The highest BCUT2D eigenvalue weighted by Crippen LogP contribution is 2.29. The maximum Gasteiger partial charge on any atom is 0.336 e. The van der Waals surface area contributed by atoms with Crippen LogP contribution in [0.5, 0.6) is 17.2 Å². The van der Waals surface area contributed by atoms with Gasteiger partial charge in [-0.3, -0.25) is 4.79 Å². The molecule has 0 saturated carbocycles. The molecule has 0 fully saturated rings. The Hall–Kier alpha value is -4.35. The van der Waals surface area contributed by atoms with E-state index in [2.05, 4.69) is 0 Å². The summed E-state index contributed by atoms with van der Waals surface area (Å²) in [6, 6.07) is 21.9. The van der Waals surface area contributed by atoms with Gasteiger partial charge in [-0.05, 0) is 71.7 Å². The lowest BCUT2D eigenvalue weighted by Crippen LogP contribution is -2.06. The standard InChI is InChI=1S/C30H21ClO5/c1-18-14-23(15-19(2)29(18)31)35-27-17-34-26-16-22(11-12-25(26)30(27)33)36-28(32)13-10-21-8-5-7-20-6-3-4-9-24(20)21/h3-17H,1-2H3. The van der Waals surface area contributed by atoms with Crippen molar-refractivity contribution in [2.45, 2.75) is 13.8 Å². The Bertz CT molecular complexity index is 1690. The largest absolute Gasteiger partial charge is 0.460 e. The van der Waals surface area contributed by atoms with Gasteiger partial charge in [0.05, 0.1) is 5.39 Å². The number of aryl methyl sites for hydroxylation is 2. The van der Waals surface area contributed by atoms with Crippen molar-refractivity contribution in [3.8, 4) is 17.2 Å². The van der Waals surface area contributed by atoms with Gasteiger partial charge in [-0.1, -0.05) is 54.1 Å². The van der Waals surface area contributed by atoms with Gasteiger partial charge in [0, 0.05) is 17.2 Å². The number of carbonyl (C=O) groups excluding carboxylic acids is 1. The molecule has 5 aromatic rings. The van der Waals surface area contributed by atoms with Gasteiger partial charge in [0.1, 0.15) is 23.3 Å². The summed E-state index contributed by atoms with van der Waals surface area (Å²) in [5.74, 6) is 0.255. The summed E-state index contributed by atoms with van der Waals surface area (Å²) in [5, 5.41) is 3.09. The molecule has 4 aromatic carbocycles. The minimum atomic E-state index is -0.543. The first-order valence-corrected chi connectivity index (χ1v) is 11.6. The van der Waals surface area contributed by atoms with Crippen LogP contribution in [0.15, 0.2) is 94.3 Å². The van der Waals surface area contributed by atoms with Crippen molar-refractivity contribution in [2.24, 2.45) is 0 Å². The first kappa shape index (κ1) is 23.4. The smallest absolute Gasteiger partial charge is 0.336 e. The highest BCUT2D eigenvalue weighted by molar-refractivity contribution is 6.32. The number of benzene rings is 4. The highest BCUT2D eigenvalue weighted by atomic mass is 35.5. The van der Waals surface area contributed by atoms with Gasteiger partial charge >= 0.3 is 5.97 Å². The lowest BCUT2D eigenvalue weighted by Gasteiger charge is -2.09. The van der Waals surface area contributed by atoms with E-state index in [4.69, 9.17) is 25.5 Å². The van der Waals surface area contributed by atoms with E-state index < -0.39 is 5.97 Å². The van der Waals surface area contributed by atoms with Crippen molar-refractivity contribution in [1.29, 1.82) is 0 Å². The predicted octanol–water partition coefficient (Wildman–Crippen LogP) is 7.63. The van der Waals surface area contributed by atoms with E-state index in [0.717, 1.165) is 27.5 Å². The number of ether oxygens (including phenoxy) is 2. The molecule has 1 heterocycles. The zero-order valence-corrected chi connectivity index (χ0v) is 20.3. The third kappa shape index (κ3) is 4.74. The Morgan fingerprint density at radius 3 is 2.44 bits per heavy atom. The zero-order chi connectivity index (χ0) is 25.2. The van der Waals surface area contributed by atoms with E-state index in [1.54, 1.807) is 30.3 Å². The van der Waals surface area contributed by atoms with Crippen LogP contribution in [0.3, 0.4) is 0 Å². The number of hydrogen-bond acceptors (Lipinski definition) is 5. The van der Waals surface area contributed by atoms with E-state index in [-0.39, 0.29) is 22.5 Å². The van der Waals surface area contributed by atoms with E-state index in [1.807, 2.05) is 56.3 Å². The quantitative estimate of drug-likeness (QED) is 0.142. The molecule has 0 radical (unpaired) electrons. The molecule has 0 unspecified atom stereocenters. The minimum Gasteiger partial charge on any atom is -0.460 e. The fourth-order valence-corrected chi connectivity index (χ4v) is 4.13. The maximum atomic E-state index is 12.9. The third-order valence-electron chi connectivity index (χ3n) is 5.79. The molecule has 5 nitrogen and oxygen atoms in total. The summed E-state index contributed by atoms with van der Waals surface area (Å²) in [7, 11) is 0. The topological polar surface area (TPSA) is 65.7 Å². The molecule has 0 saturated heterocycles. The summed E-state index contributed by atoms with van der Waals surface area (Å²) >= 11 is 6.21. The summed E-state index contributed by atoms with van der Waals surface area (Å²) in [5.41, 5.74) is 2.54. The lowest BCUT2D eigenvalue weighted by atomic mass is 10.0. The van der Waals surface area contributed by atoms with Crippen molar-refractivity contribution >= 4 is 45.4 Å². The zero-order valence-electron chi connectivity index (χ0n) is 19.6. The van der Waals surface area contributed by atoms with Crippen LogP contribution in [-0.4, -0.2) is 5.97 Å². The molecule has 6 heteroatoms. The first-order valence-electron chi connectivity index (χ1n) is 11.3. The van der Waals surface area contributed by atoms with E-state index >= 15 is 0 Å². The van der Waals surface area contributed by atoms with Crippen LogP contribution < -0.4 is 14.9 Å². The van der Waals surface area contributed by atoms with Crippen LogP contribution in [0.25, 0.3) is 27.8 Å². The average Bonchev–Trinajstić information content (AvgIpc) is 2.87. The number of halogens is 1. The Morgan fingerprint density at radius 1 is 0.889 bits per heavy atom. The second-order valence-corrected chi connectivity index (χ2v) is 8.76. The van der Waals surface area contributed by atoms with Gasteiger partial charge in [0.2, 0.25) is 11.2 Å². The van der Waals surface area contributed by atoms with E-state index in [9.17, 15) is 9.59 Å². The van der Waals surface area contributed by atoms with Crippen molar-refractivity contribution in [3.05, 3.63) is 117 Å². The van der Waals surface area contributed by atoms with Crippen LogP contribution in [-0.2, 0) is 4.79 Å². The lowest BCUT2D eigenvalue weighted by molar-refractivity contribution is -0.128. The summed E-state index contributed by atoms with van der Waals surface area (Å²) in [4.78, 5) is 25.4. The van der Waals surface area contributed by atoms with Gasteiger partial charge in [-0.25, -0.2) is 4.79 Å². The van der Waals surface area contributed by atoms with Gasteiger partial charge in [-0.2, -0.15) is 0 Å². The molecule has 0 aliphatic rings. The molecule has 0 aliphatic carbocycles. The fraction of sp³-hybridized carbons (Fsp3) is 0.0667. The molecule has 0 amide bonds. The normalized spacial score (nSPS) is 11.3. The SMILES string of the molecule is Cc1cc(Oc2coc3cc(OC(=O)C=Cc4cccc5ccccc45)ccc3c2=O)cc(C)c1Cl. The van der Waals surface area contributed by atoms with Gasteiger partial charge < -0.3 is 13.9 Å². The minimum absolute atomic E-state index is 0.0476. The Labute approximate surface area is 212 Å². The molecule has 36 heavy (non-hydrogen) atoms. The number of rotatable bonds is 5. The summed E-state index contributed by atoms with van der Waals surface area (Å²) < 4.78 is 16.8. The Kier molecular flexibility index (Phi) is 6.32. The first-order chi connectivity index (χ1) is 17.4. The molecule has 0 atom stereocenters. The second kappa shape index (κ2) is 9.72. The molecule has 0 bridgehead atoms. The number of fused-ring (bicyclic) bond motifs is 2. The maximum absolute atomic E-state index is 12.9. The van der Waals surface area contributed by atoms with Crippen molar-refractivity contribution < 1.29 is 18.7 Å². The Balaban J connectivity index is 1.35. The molecular weight excluding hydrogens is 476 g/mol. The van der Waals surface area contributed by atoms with Crippen molar-refractivity contribution in [1.82, 2.24) is 0 Å². The highest BCUT2D eigenvalue weighted by Gasteiger charge is 2.13. The molecule has 178 valence electrons. The van der Waals surface area contributed by atoms with Crippen LogP contribution >= 0.6 is 11.6 Å². The summed E-state index contributed by atoms with van der Waals surface area (Å²) in [6.07, 6.45) is 4.33. The average molecular weight is 497 g/mol. The van der Waals surface area contributed by atoms with Gasteiger partial charge in [0.25, 0.3) is 0 Å². The van der Waals surface area contributed by atoms with Gasteiger partial charge in [-0.15, -0.1) is 0 Å². The van der Waals surface area contributed by atoms with Crippen molar-refractivity contribution in [3.63, 3.8) is 0 Å². The van der Waals surface area contributed by atoms with E-state index in [0.29, 0.717) is 16.2 Å². The van der Waals surface area contributed by atoms with Crippen LogP contribution in [0, 0.1) is 13.8 Å². The van der Waals surface area contributed by atoms with Crippen molar-refractivity contribution in [2.75, 3.05) is 0 Å². The number of hydrogen-bond donors (Lipinski definition) is 0. The molecule has 1 aromatic heterocycles. The van der Waals surface area contributed by atoms with Crippen LogP contribution in [0.2, 0.25) is 5.02 Å². The van der Waals surface area contributed by atoms with Crippen LogP contribution in [0.4, 0.5) is 0 Å². The molecule has 0 aliphatic heterocycles. The number of carbonyl (C=O) groups is 1. The Morgan fingerprint density at radius 2 is 1.64 bits per heavy atom.